The zero-order valence-corrected chi connectivity index (χ0v) is 8.71. The number of aryl methyl sites for hydroxylation is 1. The number of nitrogens with two attached hydrogens (primary N) is 1. The Kier molecular flexibility index (Phi) is 2.45. The van der Waals surface area contributed by atoms with E-state index in [9.17, 15) is 0 Å². The molecule has 0 aliphatic rings. The predicted molar refractivity (Wildman–Crippen MR) is 58.3 cm³/mol. The number of nitrogen functional groups attached to an aromatic ring is 1. The monoisotopic (exact) mass is 205 g/mol. The second-order valence-corrected chi connectivity index (χ2v) is 3.94. The highest BCUT2D eigenvalue weighted by molar-refractivity contribution is 7.09. The zero-order valence-electron chi connectivity index (χ0n) is 7.90. The quantitative estimate of drug-likeness (QED) is 0.816. The van der Waals surface area contributed by atoms with Crippen LogP contribution in [0, 0.1) is 6.92 Å². The second-order valence-electron chi connectivity index (χ2n) is 3.15. The molecule has 2 N–H and O–H groups in total. The third-order valence-corrected chi connectivity index (χ3v) is 2.67. The fourth-order valence-electron chi connectivity index (χ4n) is 1.32. The minimum absolute atomic E-state index is 0.536. The van der Waals surface area contributed by atoms with Crippen molar-refractivity contribution in [2.45, 2.75) is 13.3 Å². The maximum absolute atomic E-state index is 5.52. The molecular formula is C10H11N3S. The summed E-state index contributed by atoms with van der Waals surface area (Å²) >= 11 is 1.25. The summed E-state index contributed by atoms with van der Waals surface area (Å²) in [5.41, 5.74) is 8.03. The van der Waals surface area contributed by atoms with Crippen molar-refractivity contribution < 1.29 is 0 Å². The number of anilines is 1. The third-order valence-electron chi connectivity index (χ3n) is 2.09. The van der Waals surface area contributed by atoms with Crippen molar-refractivity contribution in [3.63, 3.8) is 0 Å². The van der Waals surface area contributed by atoms with Gasteiger partial charge in [0, 0.05) is 18.0 Å². The van der Waals surface area contributed by atoms with Gasteiger partial charge in [-0.2, -0.15) is 4.37 Å². The highest BCUT2D eigenvalue weighted by atomic mass is 32.1. The van der Waals surface area contributed by atoms with Crippen LogP contribution in [-0.2, 0) is 6.42 Å². The van der Waals surface area contributed by atoms with E-state index in [1.54, 1.807) is 0 Å². The summed E-state index contributed by atoms with van der Waals surface area (Å²) in [6.45, 7) is 2.09. The van der Waals surface area contributed by atoms with E-state index in [1.807, 2.05) is 12.1 Å². The van der Waals surface area contributed by atoms with Crippen LogP contribution >= 0.6 is 11.5 Å². The molecule has 2 aromatic rings. The highest BCUT2D eigenvalue weighted by Crippen LogP contribution is 2.13. The van der Waals surface area contributed by atoms with Gasteiger partial charge in [-0.15, -0.1) is 0 Å². The van der Waals surface area contributed by atoms with E-state index in [-0.39, 0.29) is 0 Å². The lowest BCUT2D eigenvalue weighted by Crippen LogP contribution is -1.93. The molecule has 0 spiro atoms. The van der Waals surface area contributed by atoms with Gasteiger partial charge in [0.25, 0.3) is 0 Å². The molecule has 0 saturated carbocycles. The van der Waals surface area contributed by atoms with Crippen LogP contribution < -0.4 is 5.73 Å². The summed E-state index contributed by atoms with van der Waals surface area (Å²) in [5.74, 6) is 0.807. The van der Waals surface area contributed by atoms with Crippen molar-refractivity contribution in [1.82, 2.24) is 9.36 Å². The maximum Gasteiger partial charge on any atom is 0.199 e. The number of nitrogens with zero attached hydrogens (tertiary/aromatic N) is 2. The molecule has 0 unspecified atom stereocenters. The minimum atomic E-state index is 0.536. The van der Waals surface area contributed by atoms with Crippen molar-refractivity contribution in [3.8, 4) is 0 Å². The first-order valence-electron chi connectivity index (χ1n) is 4.38. The number of aromatic nitrogens is 2. The third kappa shape index (κ3) is 1.90. The van der Waals surface area contributed by atoms with Crippen molar-refractivity contribution in [2.24, 2.45) is 0 Å². The van der Waals surface area contributed by atoms with E-state index in [0.717, 1.165) is 12.2 Å². The lowest BCUT2D eigenvalue weighted by molar-refractivity contribution is 1.03. The largest absolute Gasteiger partial charge is 0.374 e. The molecular weight excluding hydrogens is 194 g/mol. The minimum Gasteiger partial charge on any atom is -0.374 e. The molecule has 72 valence electrons. The van der Waals surface area contributed by atoms with E-state index in [0.29, 0.717) is 5.13 Å². The first-order chi connectivity index (χ1) is 6.75. The van der Waals surface area contributed by atoms with Gasteiger partial charge in [0.15, 0.2) is 5.13 Å². The number of rotatable bonds is 2. The molecule has 0 amide bonds. The van der Waals surface area contributed by atoms with Gasteiger partial charge in [-0.1, -0.05) is 24.3 Å². The summed E-state index contributed by atoms with van der Waals surface area (Å²) in [4.78, 5) is 4.13. The highest BCUT2D eigenvalue weighted by Gasteiger charge is 2.03. The van der Waals surface area contributed by atoms with Crippen LogP contribution in [0.5, 0.6) is 0 Å². The SMILES string of the molecule is Cc1ccccc1Cc1nsc(N)n1. The summed E-state index contributed by atoms with van der Waals surface area (Å²) in [6.07, 6.45) is 0.764. The number of hydrogen-bond donors (Lipinski definition) is 1. The first-order valence-corrected chi connectivity index (χ1v) is 5.15. The van der Waals surface area contributed by atoms with Crippen molar-refractivity contribution in [3.05, 3.63) is 41.2 Å². The molecule has 0 atom stereocenters. The summed E-state index contributed by atoms with van der Waals surface area (Å²) in [5, 5.41) is 0.536. The average molecular weight is 205 g/mol. The molecule has 0 aliphatic heterocycles. The van der Waals surface area contributed by atoms with Gasteiger partial charge in [0.2, 0.25) is 0 Å². The zero-order chi connectivity index (χ0) is 9.97. The standard InChI is InChI=1S/C10H11N3S/c1-7-4-2-3-5-8(7)6-9-12-10(11)14-13-9/h2-5H,6H2,1H3,(H2,11,12,13). The topological polar surface area (TPSA) is 51.8 Å². The van der Waals surface area contributed by atoms with Gasteiger partial charge in [0.05, 0.1) is 0 Å². The van der Waals surface area contributed by atoms with Crippen LogP contribution in [0.25, 0.3) is 0 Å². The Bertz CT molecular complexity index is 436. The molecule has 4 heteroatoms. The van der Waals surface area contributed by atoms with E-state index in [1.165, 1.54) is 22.7 Å². The van der Waals surface area contributed by atoms with Crippen LogP contribution in [0.4, 0.5) is 5.13 Å². The Morgan fingerprint density at radius 2 is 2.14 bits per heavy atom. The molecule has 1 aromatic heterocycles. The van der Waals surface area contributed by atoms with Crippen LogP contribution in [0.2, 0.25) is 0 Å². The van der Waals surface area contributed by atoms with E-state index >= 15 is 0 Å². The van der Waals surface area contributed by atoms with Crippen LogP contribution in [0.15, 0.2) is 24.3 Å². The van der Waals surface area contributed by atoms with Gasteiger partial charge < -0.3 is 5.73 Å². The van der Waals surface area contributed by atoms with Crippen LogP contribution in [0.3, 0.4) is 0 Å². The molecule has 0 radical (unpaired) electrons. The van der Waals surface area contributed by atoms with Gasteiger partial charge >= 0.3 is 0 Å². The Morgan fingerprint density at radius 3 is 2.79 bits per heavy atom. The fraction of sp³-hybridized carbons (Fsp3) is 0.200. The molecule has 0 fully saturated rings. The van der Waals surface area contributed by atoms with Crippen LogP contribution in [0.1, 0.15) is 17.0 Å². The first kappa shape index (κ1) is 9.15. The normalized spacial score (nSPS) is 10.4. The van der Waals surface area contributed by atoms with E-state index in [4.69, 9.17) is 5.73 Å². The molecule has 14 heavy (non-hydrogen) atoms. The smallest absolute Gasteiger partial charge is 0.199 e. The van der Waals surface area contributed by atoms with Crippen LogP contribution in [-0.4, -0.2) is 9.36 Å². The summed E-state index contributed by atoms with van der Waals surface area (Å²) < 4.78 is 4.16. The van der Waals surface area contributed by atoms with Gasteiger partial charge in [-0.3, -0.25) is 0 Å². The molecule has 2 rings (SSSR count). The molecule has 1 heterocycles. The Balaban J connectivity index is 2.23. The van der Waals surface area contributed by atoms with E-state index in [2.05, 4.69) is 28.4 Å². The van der Waals surface area contributed by atoms with Crippen molar-refractivity contribution in [2.75, 3.05) is 5.73 Å². The van der Waals surface area contributed by atoms with E-state index < -0.39 is 0 Å². The molecule has 0 saturated heterocycles. The molecule has 3 nitrogen and oxygen atoms in total. The fourth-order valence-corrected chi connectivity index (χ4v) is 1.77. The number of hydrogen-bond acceptors (Lipinski definition) is 4. The lowest BCUT2D eigenvalue weighted by atomic mass is 10.1. The van der Waals surface area contributed by atoms with Gasteiger partial charge in [-0.05, 0) is 18.1 Å². The molecule has 1 aromatic carbocycles. The van der Waals surface area contributed by atoms with Gasteiger partial charge in [0.1, 0.15) is 5.82 Å². The summed E-state index contributed by atoms with van der Waals surface area (Å²) in [6, 6.07) is 8.23. The Morgan fingerprint density at radius 1 is 1.36 bits per heavy atom. The molecule has 0 bridgehead atoms. The average Bonchev–Trinajstić information content (AvgIpc) is 2.56. The van der Waals surface area contributed by atoms with Crippen molar-refractivity contribution >= 4 is 16.7 Å². The lowest BCUT2D eigenvalue weighted by Gasteiger charge is -2.01. The Labute approximate surface area is 86.8 Å². The molecule has 0 aliphatic carbocycles. The van der Waals surface area contributed by atoms with Gasteiger partial charge in [-0.25, -0.2) is 4.98 Å². The second kappa shape index (κ2) is 3.75. The maximum atomic E-state index is 5.52. The van der Waals surface area contributed by atoms with Crippen molar-refractivity contribution in [1.29, 1.82) is 0 Å². The Hall–Kier alpha value is -1.42. The summed E-state index contributed by atoms with van der Waals surface area (Å²) in [7, 11) is 0. The number of benzene rings is 1. The predicted octanol–water partition coefficient (Wildman–Crippen LogP) is 2.02.